The number of pyridine rings is 1. The zero-order valence-corrected chi connectivity index (χ0v) is 9.63. The number of rotatable bonds is 2. The minimum Gasteiger partial charge on any atom is -0.261 e. The molecule has 0 unspecified atom stereocenters. The average molecular weight is 190 g/mol. The van der Waals surface area contributed by atoms with Gasteiger partial charge in [-0.25, -0.2) is 0 Å². The second kappa shape index (κ2) is 4.36. The Labute approximate surface area is 86.1 Å². The predicted octanol–water partition coefficient (Wildman–Crippen LogP) is 3.45. The minimum absolute atomic E-state index is 0.503. The molecule has 14 heavy (non-hydrogen) atoms. The van der Waals surface area contributed by atoms with Crippen molar-refractivity contribution in [2.75, 3.05) is 0 Å². The zero-order chi connectivity index (χ0) is 10.7. The standard InChI is InChI=1S/C12H18N2/c1-8(2)10(4)14-12-6-7-13-11(5)9(12)3/h6-8H,1-5H3. The first-order chi connectivity index (χ1) is 6.52. The van der Waals surface area contributed by atoms with Crippen molar-refractivity contribution in [1.82, 2.24) is 4.98 Å². The van der Waals surface area contributed by atoms with Crippen LogP contribution >= 0.6 is 0 Å². The molecule has 0 saturated heterocycles. The second-order valence-electron chi connectivity index (χ2n) is 3.95. The smallest absolute Gasteiger partial charge is 0.0691 e. The first kappa shape index (κ1) is 10.9. The van der Waals surface area contributed by atoms with E-state index in [2.05, 4.69) is 37.7 Å². The van der Waals surface area contributed by atoms with Crippen molar-refractivity contribution >= 4 is 11.4 Å². The summed E-state index contributed by atoms with van der Waals surface area (Å²) in [6, 6.07) is 1.97. The van der Waals surface area contributed by atoms with E-state index >= 15 is 0 Å². The van der Waals surface area contributed by atoms with Gasteiger partial charge in [0, 0.05) is 17.6 Å². The number of hydrogen-bond acceptors (Lipinski definition) is 2. The van der Waals surface area contributed by atoms with Crippen LogP contribution in [0.4, 0.5) is 5.69 Å². The zero-order valence-electron chi connectivity index (χ0n) is 9.63. The largest absolute Gasteiger partial charge is 0.261 e. The molecule has 1 heterocycles. The molecule has 2 nitrogen and oxygen atoms in total. The first-order valence-electron chi connectivity index (χ1n) is 4.99. The average Bonchev–Trinajstić information content (AvgIpc) is 2.12. The molecule has 0 aliphatic rings. The molecule has 0 spiro atoms. The number of aromatic nitrogens is 1. The summed E-state index contributed by atoms with van der Waals surface area (Å²) in [5, 5.41) is 0. The maximum absolute atomic E-state index is 4.60. The van der Waals surface area contributed by atoms with Crippen LogP contribution in [-0.2, 0) is 0 Å². The Hall–Kier alpha value is -1.18. The Kier molecular flexibility index (Phi) is 3.39. The maximum Gasteiger partial charge on any atom is 0.0691 e. The summed E-state index contributed by atoms with van der Waals surface area (Å²) in [6.45, 7) is 10.5. The van der Waals surface area contributed by atoms with Gasteiger partial charge >= 0.3 is 0 Å². The Morgan fingerprint density at radius 2 is 2.00 bits per heavy atom. The monoisotopic (exact) mass is 190 g/mol. The van der Waals surface area contributed by atoms with Gasteiger partial charge in [-0.15, -0.1) is 0 Å². The van der Waals surface area contributed by atoms with E-state index in [4.69, 9.17) is 0 Å². The molecule has 1 aromatic heterocycles. The molecule has 0 atom stereocenters. The molecule has 0 aromatic carbocycles. The first-order valence-corrected chi connectivity index (χ1v) is 4.99. The highest BCUT2D eigenvalue weighted by Crippen LogP contribution is 2.20. The molecule has 1 aromatic rings. The number of hydrogen-bond donors (Lipinski definition) is 0. The van der Waals surface area contributed by atoms with Gasteiger partial charge < -0.3 is 0 Å². The molecule has 2 heteroatoms. The summed E-state index contributed by atoms with van der Waals surface area (Å²) in [7, 11) is 0. The predicted molar refractivity (Wildman–Crippen MR) is 61.3 cm³/mol. The quantitative estimate of drug-likeness (QED) is 0.656. The van der Waals surface area contributed by atoms with E-state index in [0.29, 0.717) is 5.92 Å². The van der Waals surface area contributed by atoms with Gasteiger partial charge in [0.05, 0.1) is 5.69 Å². The Morgan fingerprint density at radius 1 is 1.36 bits per heavy atom. The molecular formula is C12H18N2. The van der Waals surface area contributed by atoms with Gasteiger partial charge in [-0.05, 0) is 38.3 Å². The van der Waals surface area contributed by atoms with Crippen molar-refractivity contribution in [1.29, 1.82) is 0 Å². The molecule has 0 fully saturated rings. The van der Waals surface area contributed by atoms with Crippen LogP contribution in [0.25, 0.3) is 0 Å². The molecule has 0 saturated carbocycles. The fourth-order valence-electron chi connectivity index (χ4n) is 1.07. The molecular weight excluding hydrogens is 172 g/mol. The van der Waals surface area contributed by atoms with Crippen molar-refractivity contribution in [3.63, 3.8) is 0 Å². The normalized spacial score (nSPS) is 12.3. The fourth-order valence-corrected chi connectivity index (χ4v) is 1.07. The lowest BCUT2D eigenvalue weighted by Gasteiger charge is -2.07. The van der Waals surface area contributed by atoms with E-state index in [1.165, 1.54) is 11.3 Å². The molecule has 0 radical (unpaired) electrons. The van der Waals surface area contributed by atoms with Crippen LogP contribution in [0.1, 0.15) is 32.0 Å². The van der Waals surface area contributed by atoms with Crippen LogP contribution in [0.2, 0.25) is 0 Å². The number of nitrogens with zero attached hydrogens (tertiary/aromatic N) is 2. The summed E-state index contributed by atoms with van der Waals surface area (Å²) >= 11 is 0. The fraction of sp³-hybridized carbons (Fsp3) is 0.500. The highest BCUT2D eigenvalue weighted by molar-refractivity contribution is 5.86. The van der Waals surface area contributed by atoms with Crippen molar-refractivity contribution < 1.29 is 0 Å². The van der Waals surface area contributed by atoms with Crippen molar-refractivity contribution in [3.8, 4) is 0 Å². The summed E-state index contributed by atoms with van der Waals surface area (Å²) in [5.74, 6) is 0.503. The van der Waals surface area contributed by atoms with E-state index < -0.39 is 0 Å². The molecule has 0 N–H and O–H groups in total. The van der Waals surface area contributed by atoms with Gasteiger partial charge in [-0.3, -0.25) is 9.98 Å². The van der Waals surface area contributed by atoms with E-state index in [1.54, 1.807) is 0 Å². The third kappa shape index (κ3) is 2.41. The number of aryl methyl sites for hydroxylation is 1. The highest BCUT2D eigenvalue weighted by atomic mass is 14.8. The maximum atomic E-state index is 4.60. The molecule has 1 rings (SSSR count). The molecule has 0 aliphatic carbocycles. The van der Waals surface area contributed by atoms with E-state index in [-0.39, 0.29) is 0 Å². The molecule has 0 bridgehead atoms. The lowest BCUT2D eigenvalue weighted by Crippen LogP contribution is -2.01. The summed E-state index contributed by atoms with van der Waals surface area (Å²) in [6.07, 6.45) is 1.81. The van der Waals surface area contributed by atoms with E-state index in [9.17, 15) is 0 Å². The van der Waals surface area contributed by atoms with Gasteiger partial charge in [0.1, 0.15) is 0 Å². The minimum atomic E-state index is 0.503. The third-order valence-corrected chi connectivity index (χ3v) is 2.56. The lowest BCUT2D eigenvalue weighted by molar-refractivity contribution is 0.878. The van der Waals surface area contributed by atoms with Crippen LogP contribution in [0.15, 0.2) is 17.3 Å². The molecule has 76 valence electrons. The topological polar surface area (TPSA) is 25.2 Å². The summed E-state index contributed by atoms with van der Waals surface area (Å²) in [5.41, 5.74) is 4.44. The van der Waals surface area contributed by atoms with E-state index in [0.717, 1.165) is 11.4 Å². The van der Waals surface area contributed by atoms with Crippen molar-refractivity contribution in [2.45, 2.75) is 34.6 Å². The van der Waals surface area contributed by atoms with Crippen molar-refractivity contribution in [2.24, 2.45) is 10.9 Å². The Morgan fingerprint density at radius 3 is 2.57 bits per heavy atom. The van der Waals surface area contributed by atoms with Gasteiger partial charge in [0.25, 0.3) is 0 Å². The highest BCUT2D eigenvalue weighted by Gasteiger charge is 2.02. The van der Waals surface area contributed by atoms with Crippen LogP contribution in [0.3, 0.4) is 0 Å². The van der Waals surface area contributed by atoms with Gasteiger partial charge in [0.2, 0.25) is 0 Å². The van der Waals surface area contributed by atoms with Crippen LogP contribution in [-0.4, -0.2) is 10.7 Å². The molecule has 0 amide bonds. The third-order valence-electron chi connectivity index (χ3n) is 2.56. The summed E-state index contributed by atoms with van der Waals surface area (Å²) < 4.78 is 0. The van der Waals surface area contributed by atoms with E-state index in [1.807, 2.05) is 19.2 Å². The number of aliphatic imine (C=N–C) groups is 1. The Bertz CT molecular complexity index is 351. The second-order valence-corrected chi connectivity index (χ2v) is 3.95. The Balaban J connectivity index is 3.09. The summed E-state index contributed by atoms with van der Waals surface area (Å²) in [4.78, 5) is 8.82. The van der Waals surface area contributed by atoms with Crippen molar-refractivity contribution in [3.05, 3.63) is 23.5 Å². The van der Waals surface area contributed by atoms with Gasteiger partial charge in [-0.2, -0.15) is 0 Å². The molecule has 0 aliphatic heterocycles. The van der Waals surface area contributed by atoms with Gasteiger partial charge in [-0.1, -0.05) is 13.8 Å². The SMILES string of the molecule is CC(=Nc1ccnc(C)c1C)C(C)C. The van der Waals surface area contributed by atoms with Crippen LogP contribution in [0, 0.1) is 19.8 Å². The van der Waals surface area contributed by atoms with Gasteiger partial charge in [0.15, 0.2) is 0 Å². The van der Waals surface area contributed by atoms with Crippen LogP contribution in [0.5, 0.6) is 0 Å². The van der Waals surface area contributed by atoms with Crippen LogP contribution < -0.4 is 0 Å². The lowest BCUT2D eigenvalue weighted by atomic mass is 10.1.